The summed E-state index contributed by atoms with van der Waals surface area (Å²) in [6.45, 7) is 0. The monoisotopic (exact) mass is 237 g/mol. The number of anilines is 1. The van der Waals surface area contributed by atoms with Crippen molar-refractivity contribution in [1.29, 1.82) is 0 Å². The smallest absolute Gasteiger partial charge is 0.337 e. The minimum atomic E-state index is -0.434. The third-order valence-electron chi connectivity index (χ3n) is 2.39. The normalized spacial score (nSPS) is 9.76. The first-order chi connectivity index (χ1) is 8.08. The second kappa shape index (κ2) is 5.89. The van der Waals surface area contributed by atoms with Crippen molar-refractivity contribution < 1.29 is 19.1 Å². The zero-order chi connectivity index (χ0) is 12.8. The Morgan fingerprint density at radius 1 is 1.24 bits per heavy atom. The Bertz CT molecular complexity index is 429. The summed E-state index contributed by atoms with van der Waals surface area (Å²) in [4.78, 5) is 22.2. The molecule has 0 aliphatic rings. The maximum atomic E-state index is 11.2. The number of rotatable bonds is 4. The molecule has 0 aromatic heterocycles. The summed E-state index contributed by atoms with van der Waals surface area (Å²) in [5, 5.41) is 0. The SMILES string of the molecule is COC(=O)CCc1ccc(C(=O)OC)cc1N. The highest BCUT2D eigenvalue weighted by molar-refractivity contribution is 5.90. The summed E-state index contributed by atoms with van der Waals surface area (Å²) in [7, 11) is 2.65. The Kier molecular flexibility index (Phi) is 4.51. The van der Waals surface area contributed by atoms with E-state index in [1.165, 1.54) is 14.2 Å². The molecule has 0 atom stereocenters. The van der Waals surface area contributed by atoms with Crippen LogP contribution in [0.1, 0.15) is 22.3 Å². The van der Waals surface area contributed by atoms with Crippen LogP contribution in [0.25, 0.3) is 0 Å². The standard InChI is InChI=1S/C12H15NO4/c1-16-11(14)6-5-8-3-4-9(7-10(8)13)12(15)17-2/h3-4,7H,5-6,13H2,1-2H3. The Hall–Kier alpha value is -2.04. The number of nitrogen functional groups attached to an aromatic ring is 1. The minimum absolute atomic E-state index is 0.262. The number of carbonyl (C=O) groups excluding carboxylic acids is 2. The number of ether oxygens (including phenoxy) is 2. The molecular weight excluding hydrogens is 222 g/mol. The summed E-state index contributed by atoms with van der Waals surface area (Å²) in [5.74, 6) is -0.724. The zero-order valence-corrected chi connectivity index (χ0v) is 9.86. The number of benzene rings is 1. The number of methoxy groups -OCH3 is 2. The van der Waals surface area contributed by atoms with Crippen molar-refractivity contribution in [3.05, 3.63) is 29.3 Å². The number of hydrogen-bond acceptors (Lipinski definition) is 5. The van der Waals surface area contributed by atoms with Crippen LogP contribution in [0, 0.1) is 0 Å². The van der Waals surface area contributed by atoms with Crippen LogP contribution in [0.15, 0.2) is 18.2 Å². The van der Waals surface area contributed by atoms with Crippen LogP contribution in [-0.2, 0) is 20.7 Å². The van der Waals surface area contributed by atoms with Gasteiger partial charge in [-0.05, 0) is 24.1 Å². The van der Waals surface area contributed by atoms with Gasteiger partial charge in [-0.25, -0.2) is 4.79 Å². The van der Waals surface area contributed by atoms with Gasteiger partial charge in [-0.2, -0.15) is 0 Å². The van der Waals surface area contributed by atoms with E-state index in [4.69, 9.17) is 5.73 Å². The van der Waals surface area contributed by atoms with Gasteiger partial charge in [-0.15, -0.1) is 0 Å². The van der Waals surface area contributed by atoms with Crippen LogP contribution < -0.4 is 5.73 Å². The Morgan fingerprint density at radius 2 is 1.94 bits per heavy atom. The molecule has 0 heterocycles. The predicted molar refractivity (Wildman–Crippen MR) is 62.5 cm³/mol. The second-order valence-corrected chi connectivity index (χ2v) is 3.48. The molecule has 2 N–H and O–H groups in total. The first kappa shape index (κ1) is 13.0. The van der Waals surface area contributed by atoms with E-state index in [0.29, 0.717) is 17.7 Å². The third-order valence-corrected chi connectivity index (χ3v) is 2.39. The topological polar surface area (TPSA) is 78.6 Å². The second-order valence-electron chi connectivity index (χ2n) is 3.48. The molecular formula is C12H15NO4. The minimum Gasteiger partial charge on any atom is -0.469 e. The van der Waals surface area contributed by atoms with E-state index >= 15 is 0 Å². The van der Waals surface area contributed by atoms with E-state index in [-0.39, 0.29) is 12.4 Å². The number of carbonyl (C=O) groups is 2. The van der Waals surface area contributed by atoms with Crippen LogP contribution in [-0.4, -0.2) is 26.2 Å². The van der Waals surface area contributed by atoms with Gasteiger partial charge in [0.1, 0.15) is 0 Å². The number of nitrogens with two attached hydrogens (primary N) is 1. The van der Waals surface area contributed by atoms with Crippen molar-refractivity contribution in [3.8, 4) is 0 Å². The Morgan fingerprint density at radius 3 is 2.47 bits per heavy atom. The third kappa shape index (κ3) is 3.48. The van der Waals surface area contributed by atoms with Gasteiger partial charge >= 0.3 is 11.9 Å². The fourth-order valence-electron chi connectivity index (χ4n) is 1.41. The van der Waals surface area contributed by atoms with Crippen molar-refractivity contribution >= 4 is 17.6 Å². The Labute approximate surface area is 99.5 Å². The van der Waals surface area contributed by atoms with Gasteiger partial charge in [0.05, 0.1) is 19.8 Å². The maximum Gasteiger partial charge on any atom is 0.337 e. The average molecular weight is 237 g/mol. The van der Waals surface area contributed by atoms with Crippen molar-refractivity contribution in [3.63, 3.8) is 0 Å². The summed E-state index contributed by atoms with van der Waals surface area (Å²) in [6, 6.07) is 4.87. The molecule has 0 bridgehead atoms. The summed E-state index contributed by atoms with van der Waals surface area (Å²) in [6.07, 6.45) is 0.748. The van der Waals surface area contributed by atoms with Gasteiger partial charge in [-0.3, -0.25) is 4.79 Å². The maximum absolute atomic E-state index is 11.2. The highest BCUT2D eigenvalue weighted by Gasteiger charge is 2.09. The highest BCUT2D eigenvalue weighted by atomic mass is 16.5. The van der Waals surface area contributed by atoms with E-state index in [2.05, 4.69) is 9.47 Å². The molecule has 1 rings (SSSR count). The van der Waals surface area contributed by atoms with Gasteiger partial charge in [0, 0.05) is 12.1 Å². The lowest BCUT2D eigenvalue weighted by Gasteiger charge is -2.06. The molecule has 0 amide bonds. The molecule has 1 aromatic rings. The van der Waals surface area contributed by atoms with Gasteiger partial charge in [-0.1, -0.05) is 6.07 Å². The van der Waals surface area contributed by atoms with Crippen LogP contribution in [0.5, 0.6) is 0 Å². The molecule has 0 radical (unpaired) electrons. The Balaban J connectivity index is 2.76. The highest BCUT2D eigenvalue weighted by Crippen LogP contribution is 2.17. The molecule has 17 heavy (non-hydrogen) atoms. The number of aryl methyl sites for hydroxylation is 1. The zero-order valence-electron chi connectivity index (χ0n) is 9.86. The van der Waals surface area contributed by atoms with Gasteiger partial charge in [0.2, 0.25) is 0 Å². The fraction of sp³-hybridized carbons (Fsp3) is 0.333. The lowest BCUT2D eigenvalue weighted by Crippen LogP contribution is -2.06. The summed E-state index contributed by atoms with van der Waals surface area (Å²) < 4.78 is 9.12. The molecule has 1 aromatic carbocycles. The van der Waals surface area contributed by atoms with Crippen molar-refractivity contribution in [2.75, 3.05) is 20.0 Å². The summed E-state index contributed by atoms with van der Waals surface area (Å²) >= 11 is 0. The lowest BCUT2D eigenvalue weighted by molar-refractivity contribution is -0.140. The summed E-state index contributed by atoms with van der Waals surface area (Å²) in [5.41, 5.74) is 7.45. The van der Waals surface area contributed by atoms with Crippen molar-refractivity contribution in [1.82, 2.24) is 0 Å². The molecule has 0 saturated heterocycles. The number of esters is 2. The predicted octanol–water partition coefficient (Wildman–Crippen LogP) is 1.16. The van der Waals surface area contributed by atoms with E-state index in [0.717, 1.165) is 5.56 Å². The first-order valence-electron chi connectivity index (χ1n) is 5.12. The molecule has 0 aliphatic carbocycles. The average Bonchev–Trinajstić information content (AvgIpc) is 2.35. The molecule has 5 heteroatoms. The van der Waals surface area contributed by atoms with Gasteiger partial charge in [0.15, 0.2) is 0 Å². The molecule has 0 fully saturated rings. The van der Waals surface area contributed by atoms with Gasteiger partial charge < -0.3 is 15.2 Å². The molecule has 92 valence electrons. The van der Waals surface area contributed by atoms with Crippen molar-refractivity contribution in [2.24, 2.45) is 0 Å². The van der Waals surface area contributed by atoms with Gasteiger partial charge in [0.25, 0.3) is 0 Å². The molecule has 0 aliphatic heterocycles. The van der Waals surface area contributed by atoms with E-state index in [1.807, 2.05) is 0 Å². The number of hydrogen-bond donors (Lipinski definition) is 1. The van der Waals surface area contributed by atoms with Crippen molar-refractivity contribution in [2.45, 2.75) is 12.8 Å². The van der Waals surface area contributed by atoms with Crippen LogP contribution in [0.2, 0.25) is 0 Å². The van der Waals surface area contributed by atoms with Crippen LogP contribution >= 0.6 is 0 Å². The molecule has 0 unspecified atom stereocenters. The van der Waals surface area contributed by atoms with Crippen LogP contribution in [0.4, 0.5) is 5.69 Å². The largest absolute Gasteiger partial charge is 0.469 e. The lowest BCUT2D eigenvalue weighted by atomic mass is 10.0. The van der Waals surface area contributed by atoms with E-state index < -0.39 is 5.97 Å². The van der Waals surface area contributed by atoms with Crippen LogP contribution in [0.3, 0.4) is 0 Å². The van der Waals surface area contributed by atoms with E-state index in [1.54, 1.807) is 18.2 Å². The molecule has 0 saturated carbocycles. The molecule has 5 nitrogen and oxygen atoms in total. The first-order valence-corrected chi connectivity index (χ1v) is 5.12. The fourth-order valence-corrected chi connectivity index (χ4v) is 1.41. The van der Waals surface area contributed by atoms with E-state index in [9.17, 15) is 9.59 Å². The quantitative estimate of drug-likeness (QED) is 0.628. The molecule has 0 spiro atoms.